The van der Waals surface area contributed by atoms with Crippen LogP contribution in [0.3, 0.4) is 0 Å². The van der Waals surface area contributed by atoms with Crippen LogP contribution < -0.4 is 5.32 Å². The standard InChI is InChI=1S/C6H13NO2S/c1-7-4-6-5-10(8)3-2-9-6/h6-7H,2-5H2,1H3. The van der Waals surface area contributed by atoms with E-state index in [9.17, 15) is 4.21 Å². The maximum absolute atomic E-state index is 11.0. The van der Waals surface area contributed by atoms with E-state index in [1.165, 1.54) is 0 Å². The SMILES string of the molecule is CNCC1CS(=O)CCO1. The first-order valence-corrected chi connectivity index (χ1v) is 4.93. The molecule has 10 heavy (non-hydrogen) atoms. The Bertz CT molecular complexity index is 127. The molecular formula is C6H13NO2S. The number of ether oxygens (including phenoxy) is 1. The van der Waals surface area contributed by atoms with Crippen molar-refractivity contribution in [2.75, 3.05) is 31.7 Å². The highest BCUT2D eigenvalue weighted by Gasteiger charge is 2.17. The highest BCUT2D eigenvalue weighted by molar-refractivity contribution is 7.85. The Morgan fingerprint density at radius 2 is 2.60 bits per heavy atom. The number of rotatable bonds is 2. The van der Waals surface area contributed by atoms with Crippen LogP contribution in [-0.2, 0) is 15.5 Å². The Balaban J connectivity index is 2.25. The topological polar surface area (TPSA) is 38.3 Å². The van der Waals surface area contributed by atoms with Gasteiger partial charge in [-0.05, 0) is 7.05 Å². The largest absolute Gasteiger partial charge is 0.375 e. The lowest BCUT2D eigenvalue weighted by atomic mass is 10.4. The second kappa shape index (κ2) is 4.05. The van der Waals surface area contributed by atoms with Crippen LogP contribution in [0.4, 0.5) is 0 Å². The van der Waals surface area contributed by atoms with Gasteiger partial charge in [-0.15, -0.1) is 0 Å². The molecule has 0 amide bonds. The first kappa shape index (κ1) is 8.17. The summed E-state index contributed by atoms with van der Waals surface area (Å²) in [4.78, 5) is 0. The molecule has 0 aromatic rings. The zero-order valence-corrected chi connectivity index (χ0v) is 6.95. The van der Waals surface area contributed by atoms with Crippen molar-refractivity contribution in [1.82, 2.24) is 5.32 Å². The molecule has 0 aromatic heterocycles. The molecule has 0 aromatic carbocycles. The molecule has 1 fully saturated rings. The number of likely N-dealkylation sites (N-methyl/N-ethyl adjacent to an activating group) is 1. The van der Waals surface area contributed by atoms with Crippen LogP contribution in [0.1, 0.15) is 0 Å². The third-order valence-corrected chi connectivity index (χ3v) is 2.83. The van der Waals surface area contributed by atoms with Crippen molar-refractivity contribution >= 4 is 10.8 Å². The van der Waals surface area contributed by atoms with Gasteiger partial charge in [0.2, 0.25) is 0 Å². The quantitative estimate of drug-likeness (QED) is 0.588. The molecule has 0 bridgehead atoms. The summed E-state index contributed by atoms with van der Waals surface area (Å²) in [5, 5.41) is 3.00. The lowest BCUT2D eigenvalue weighted by Crippen LogP contribution is -2.37. The van der Waals surface area contributed by atoms with Gasteiger partial charge in [0.05, 0.1) is 18.5 Å². The highest BCUT2D eigenvalue weighted by Crippen LogP contribution is 2.01. The fraction of sp³-hybridized carbons (Fsp3) is 1.00. The van der Waals surface area contributed by atoms with Gasteiger partial charge in [0, 0.05) is 23.1 Å². The summed E-state index contributed by atoms with van der Waals surface area (Å²) in [6.07, 6.45) is 0.166. The van der Waals surface area contributed by atoms with Crippen molar-refractivity contribution in [2.24, 2.45) is 0 Å². The van der Waals surface area contributed by atoms with E-state index in [4.69, 9.17) is 4.74 Å². The summed E-state index contributed by atoms with van der Waals surface area (Å²) in [6.45, 7) is 1.46. The summed E-state index contributed by atoms with van der Waals surface area (Å²) in [6, 6.07) is 0. The van der Waals surface area contributed by atoms with E-state index >= 15 is 0 Å². The summed E-state index contributed by atoms with van der Waals surface area (Å²) in [5.41, 5.74) is 0. The second-order valence-electron chi connectivity index (χ2n) is 2.36. The Hall–Kier alpha value is 0.0700. The monoisotopic (exact) mass is 163 g/mol. The Morgan fingerprint density at radius 3 is 3.20 bits per heavy atom. The fourth-order valence-electron chi connectivity index (χ4n) is 0.992. The Morgan fingerprint density at radius 1 is 1.80 bits per heavy atom. The zero-order valence-electron chi connectivity index (χ0n) is 6.13. The predicted octanol–water partition coefficient (Wildman–Crippen LogP) is -0.647. The molecule has 0 saturated carbocycles. The minimum atomic E-state index is -0.637. The highest BCUT2D eigenvalue weighted by atomic mass is 32.2. The molecule has 0 spiro atoms. The van der Waals surface area contributed by atoms with Crippen molar-refractivity contribution in [2.45, 2.75) is 6.10 Å². The molecular weight excluding hydrogens is 150 g/mol. The minimum Gasteiger partial charge on any atom is -0.375 e. The van der Waals surface area contributed by atoms with Gasteiger partial charge < -0.3 is 10.1 Å². The van der Waals surface area contributed by atoms with Crippen LogP contribution >= 0.6 is 0 Å². The fourth-order valence-corrected chi connectivity index (χ4v) is 2.07. The second-order valence-corrected chi connectivity index (χ2v) is 3.98. The smallest absolute Gasteiger partial charge is 0.0814 e. The van der Waals surface area contributed by atoms with Gasteiger partial charge in [0.25, 0.3) is 0 Å². The van der Waals surface area contributed by atoms with E-state index in [0.29, 0.717) is 18.1 Å². The van der Waals surface area contributed by atoms with E-state index in [-0.39, 0.29) is 6.10 Å². The molecule has 2 atom stereocenters. The first-order chi connectivity index (χ1) is 4.83. The van der Waals surface area contributed by atoms with Crippen LogP contribution in [0.15, 0.2) is 0 Å². The lowest BCUT2D eigenvalue weighted by Gasteiger charge is -2.21. The third-order valence-electron chi connectivity index (χ3n) is 1.47. The molecule has 0 aliphatic carbocycles. The molecule has 1 heterocycles. The Labute approximate surface area is 63.6 Å². The minimum absolute atomic E-state index is 0.166. The molecule has 4 heteroatoms. The summed E-state index contributed by atoms with van der Waals surface area (Å²) < 4.78 is 16.3. The van der Waals surface area contributed by atoms with Crippen LogP contribution in [0.5, 0.6) is 0 Å². The summed E-state index contributed by atoms with van der Waals surface area (Å²) >= 11 is 0. The van der Waals surface area contributed by atoms with Gasteiger partial charge >= 0.3 is 0 Å². The number of hydrogen-bond acceptors (Lipinski definition) is 3. The maximum Gasteiger partial charge on any atom is 0.0814 e. The van der Waals surface area contributed by atoms with Crippen molar-refractivity contribution in [3.8, 4) is 0 Å². The van der Waals surface area contributed by atoms with Crippen LogP contribution in [-0.4, -0.2) is 42.0 Å². The molecule has 0 radical (unpaired) electrons. The van der Waals surface area contributed by atoms with Gasteiger partial charge in [-0.2, -0.15) is 0 Å². The molecule has 1 aliphatic heterocycles. The van der Waals surface area contributed by atoms with E-state index in [0.717, 1.165) is 6.54 Å². The van der Waals surface area contributed by atoms with Crippen LogP contribution in [0, 0.1) is 0 Å². The predicted molar refractivity (Wildman–Crippen MR) is 41.5 cm³/mol. The maximum atomic E-state index is 11.0. The summed E-state index contributed by atoms with van der Waals surface area (Å²) in [5.74, 6) is 1.40. The van der Waals surface area contributed by atoms with Gasteiger partial charge in [-0.1, -0.05) is 0 Å². The van der Waals surface area contributed by atoms with Crippen molar-refractivity contribution < 1.29 is 8.95 Å². The number of hydrogen-bond donors (Lipinski definition) is 1. The zero-order chi connectivity index (χ0) is 7.40. The normalized spacial score (nSPS) is 34.1. The first-order valence-electron chi connectivity index (χ1n) is 3.44. The lowest BCUT2D eigenvalue weighted by molar-refractivity contribution is 0.0750. The van der Waals surface area contributed by atoms with Gasteiger partial charge in [-0.3, -0.25) is 4.21 Å². The Kier molecular flexibility index (Phi) is 3.31. The van der Waals surface area contributed by atoms with Crippen LogP contribution in [0.2, 0.25) is 0 Å². The van der Waals surface area contributed by atoms with Crippen molar-refractivity contribution in [3.05, 3.63) is 0 Å². The van der Waals surface area contributed by atoms with E-state index in [2.05, 4.69) is 5.32 Å². The van der Waals surface area contributed by atoms with E-state index < -0.39 is 10.8 Å². The average molecular weight is 163 g/mol. The molecule has 1 rings (SSSR count). The molecule has 1 aliphatic rings. The molecule has 1 saturated heterocycles. The molecule has 2 unspecified atom stereocenters. The van der Waals surface area contributed by atoms with Gasteiger partial charge in [0.15, 0.2) is 0 Å². The van der Waals surface area contributed by atoms with E-state index in [1.807, 2.05) is 7.05 Å². The van der Waals surface area contributed by atoms with Crippen LogP contribution in [0.25, 0.3) is 0 Å². The van der Waals surface area contributed by atoms with E-state index in [1.54, 1.807) is 0 Å². The average Bonchev–Trinajstić information content (AvgIpc) is 1.88. The van der Waals surface area contributed by atoms with Gasteiger partial charge in [0.1, 0.15) is 0 Å². The van der Waals surface area contributed by atoms with Crippen molar-refractivity contribution in [1.29, 1.82) is 0 Å². The van der Waals surface area contributed by atoms with Crippen molar-refractivity contribution in [3.63, 3.8) is 0 Å². The van der Waals surface area contributed by atoms with Gasteiger partial charge in [-0.25, -0.2) is 0 Å². The number of nitrogens with one attached hydrogen (secondary N) is 1. The third kappa shape index (κ3) is 2.36. The molecule has 60 valence electrons. The summed E-state index contributed by atoms with van der Waals surface area (Å²) in [7, 11) is 1.24. The molecule has 1 N–H and O–H groups in total. The molecule has 3 nitrogen and oxygen atoms in total.